The first-order valence-electron chi connectivity index (χ1n) is 11.2. The SMILES string of the molecule is COc1ccc(COc2ccc(Cn3c(N)nc4cc(-c5ccc(Cl)nc5)cnc43)cc2OC)cc1. The smallest absolute Gasteiger partial charge is 0.202 e. The van der Waals surface area contributed by atoms with Gasteiger partial charge in [0.1, 0.15) is 23.0 Å². The lowest BCUT2D eigenvalue weighted by atomic mass is 10.1. The van der Waals surface area contributed by atoms with Crippen LogP contribution in [-0.4, -0.2) is 33.7 Å². The lowest BCUT2D eigenvalue weighted by molar-refractivity contribution is 0.284. The third kappa shape index (κ3) is 4.89. The van der Waals surface area contributed by atoms with Crippen molar-refractivity contribution < 1.29 is 14.2 Å². The Kier molecular flexibility index (Phi) is 6.60. The third-order valence-corrected chi connectivity index (χ3v) is 6.02. The second-order valence-corrected chi connectivity index (χ2v) is 8.50. The molecular formula is C27H24ClN5O3. The fourth-order valence-electron chi connectivity index (χ4n) is 3.88. The van der Waals surface area contributed by atoms with Gasteiger partial charge in [-0.2, -0.15) is 0 Å². The van der Waals surface area contributed by atoms with Crippen molar-refractivity contribution in [3.63, 3.8) is 0 Å². The first kappa shape index (κ1) is 23.4. The van der Waals surface area contributed by atoms with Gasteiger partial charge < -0.3 is 19.9 Å². The van der Waals surface area contributed by atoms with Gasteiger partial charge in [0.2, 0.25) is 5.95 Å². The van der Waals surface area contributed by atoms with Crippen LogP contribution < -0.4 is 19.9 Å². The number of hydrogen-bond donors (Lipinski definition) is 1. The van der Waals surface area contributed by atoms with E-state index in [-0.39, 0.29) is 0 Å². The number of anilines is 1. The standard InChI is InChI=1S/C27H24ClN5O3/c1-34-21-7-3-17(4-8-21)16-36-23-9-5-18(11-24(23)35-2)15-33-26-22(32-27(33)29)12-20(14-31-26)19-6-10-25(28)30-13-19/h3-14H,15-16H2,1-2H3,(H2,29,32). The average Bonchev–Trinajstić information content (AvgIpc) is 3.22. The molecule has 0 saturated heterocycles. The molecule has 0 amide bonds. The van der Waals surface area contributed by atoms with Gasteiger partial charge in [-0.15, -0.1) is 0 Å². The fourth-order valence-corrected chi connectivity index (χ4v) is 4.00. The van der Waals surface area contributed by atoms with Crippen molar-refractivity contribution in [2.75, 3.05) is 20.0 Å². The van der Waals surface area contributed by atoms with E-state index in [0.717, 1.165) is 28.0 Å². The predicted octanol–water partition coefficient (Wildman–Crippen LogP) is 5.37. The molecular weight excluding hydrogens is 478 g/mol. The number of hydrogen-bond acceptors (Lipinski definition) is 7. The molecule has 8 nitrogen and oxygen atoms in total. The van der Waals surface area contributed by atoms with Gasteiger partial charge in [0.15, 0.2) is 17.1 Å². The van der Waals surface area contributed by atoms with E-state index in [9.17, 15) is 0 Å². The van der Waals surface area contributed by atoms with Gasteiger partial charge in [0, 0.05) is 23.5 Å². The van der Waals surface area contributed by atoms with Crippen LogP contribution >= 0.6 is 11.6 Å². The summed E-state index contributed by atoms with van der Waals surface area (Å²) >= 11 is 5.90. The summed E-state index contributed by atoms with van der Waals surface area (Å²) in [4.78, 5) is 13.3. The van der Waals surface area contributed by atoms with E-state index < -0.39 is 0 Å². The molecule has 0 aliphatic heterocycles. The summed E-state index contributed by atoms with van der Waals surface area (Å²) in [7, 11) is 3.26. The largest absolute Gasteiger partial charge is 0.497 e. The predicted molar refractivity (Wildman–Crippen MR) is 140 cm³/mol. The van der Waals surface area contributed by atoms with Crippen LogP contribution in [0.25, 0.3) is 22.3 Å². The van der Waals surface area contributed by atoms with Gasteiger partial charge in [-0.05, 0) is 53.6 Å². The number of methoxy groups -OCH3 is 2. The average molecular weight is 502 g/mol. The van der Waals surface area contributed by atoms with Crippen molar-refractivity contribution in [1.82, 2.24) is 19.5 Å². The number of rotatable bonds is 8. The Balaban J connectivity index is 1.35. The lowest BCUT2D eigenvalue weighted by Gasteiger charge is -2.13. The van der Waals surface area contributed by atoms with Crippen LogP contribution in [0.1, 0.15) is 11.1 Å². The van der Waals surface area contributed by atoms with Crippen molar-refractivity contribution in [3.8, 4) is 28.4 Å². The van der Waals surface area contributed by atoms with Gasteiger partial charge >= 0.3 is 0 Å². The topological polar surface area (TPSA) is 97.3 Å². The van der Waals surface area contributed by atoms with E-state index in [1.54, 1.807) is 32.7 Å². The van der Waals surface area contributed by atoms with E-state index in [2.05, 4.69) is 15.0 Å². The number of ether oxygens (including phenoxy) is 3. The van der Waals surface area contributed by atoms with E-state index in [1.165, 1.54) is 0 Å². The van der Waals surface area contributed by atoms with Gasteiger partial charge in [0.25, 0.3) is 0 Å². The van der Waals surface area contributed by atoms with Gasteiger partial charge in [0.05, 0.1) is 20.8 Å². The molecule has 0 saturated carbocycles. The molecule has 0 aliphatic carbocycles. The Hall–Kier alpha value is -4.30. The number of halogens is 1. The minimum atomic E-state index is 0.377. The van der Waals surface area contributed by atoms with Crippen molar-refractivity contribution in [2.45, 2.75) is 13.2 Å². The van der Waals surface area contributed by atoms with Crippen LogP contribution in [0.2, 0.25) is 5.15 Å². The summed E-state index contributed by atoms with van der Waals surface area (Å²) in [6, 6.07) is 19.1. The summed E-state index contributed by atoms with van der Waals surface area (Å²) < 4.78 is 18.7. The highest BCUT2D eigenvalue weighted by Gasteiger charge is 2.14. The maximum atomic E-state index is 6.26. The number of benzene rings is 2. The van der Waals surface area contributed by atoms with Crippen LogP contribution in [0.5, 0.6) is 17.2 Å². The van der Waals surface area contributed by atoms with Gasteiger partial charge in [-0.1, -0.05) is 29.8 Å². The normalized spacial score (nSPS) is 11.0. The fraction of sp³-hybridized carbons (Fsp3) is 0.148. The number of aromatic nitrogens is 4. The van der Waals surface area contributed by atoms with E-state index in [0.29, 0.717) is 46.9 Å². The molecule has 3 heterocycles. The Morgan fingerprint density at radius 3 is 2.33 bits per heavy atom. The summed E-state index contributed by atoms with van der Waals surface area (Å²) in [5.74, 6) is 2.47. The Morgan fingerprint density at radius 2 is 1.61 bits per heavy atom. The molecule has 36 heavy (non-hydrogen) atoms. The Morgan fingerprint density at radius 1 is 0.833 bits per heavy atom. The molecule has 0 radical (unpaired) electrons. The van der Waals surface area contributed by atoms with Crippen LogP contribution in [0, 0.1) is 0 Å². The minimum absolute atomic E-state index is 0.377. The maximum Gasteiger partial charge on any atom is 0.202 e. The zero-order valence-corrected chi connectivity index (χ0v) is 20.6. The molecule has 2 N–H and O–H groups in total. The molecule has 0 unspecified atom stereocenters. The third-order valence-electron chi connectivity index (χ3n) is 5.80. The van der Waals surface area contributed by atoms with Crippen molar-refractivity contribution in [3.05, 3.63) is 89.3 Å². The Labute approximate surface area is 213 Å². The van der Waals surface area contributed by atoms with Gasteiger partial charge in [-0.25, -0.2) is 15.0 Å². The second kappa shape index (κ2) is 10.1. The number of imidazole rings is 1. The quantitative estimate of drug-likeness (QED) is 0.285. The zero-order valence-electron chi connectivity index (χ0n) is 19.8. The first-order valence-corrected chi connectivity index (χ1v) is 11.6. The van der Waals surface area contributed by atoms with Crippen molar-refractivity contribution in [2.24, 2.45) is 0 Å². The monoisotopic (exact) mass is 501 g/mol. The Bertz CT molecular complexity index is 1500. The molecule has 5 aromatic rings. The summed E-state index contributed by atoms with van der Waals surface area (Å²) in [5, 5.41) is 0.439. The highest BCUT2D eigenvalue weighted by molar-refractivity contribution is 6.29. The lowest BCUT2D eigenvalue weighted by Crippen LogP contribution is -2.06. The van der Waals surface area contributed by atoms with E-state index in [1.807, 2.05) is 59.2 Å². The zero-order chi connectivity index (χ0) is 25.1. The van der Waals surface area contributed by atoms with Gasteiger partial charge in [-0.3, -0.25) is 4.57 Å². The first-order chi connectivity index (χ1) is 17.5. The van der Waals surface area contributed by atoms with Crippen molar-refractivity contribution in [1.29, 1.82) is 0 Å². The molecule has 0 fully saturated rings. The molecule has 0 aliphatic rings. The van der Waals surface area contributed by atoms with Crippen molar-refractivity contribution >= 4 is 28.7 Å². The summed E-state index contributed by atoms with van der Waals surface area (Å²) in [5.41, 5.74) is 11.4. The van der Waals surface area contributed by atoms with Crippen LogP contribution in [0.4, 0.5) is 5.95 Å². The summed E-state index contributed by atoms with van der Waals surface area (Å²) in [6.45, 7) is 0.889. The molecule has 182 valence electrons. The molecule has 5 rings (SSSR count). The second-order valence-electron chi connectivity index (χ2n) is 8.11. The molecule has 9 heteroatoms. The summed E-state index contributed by atoms with van der Waals surface area (Å²) in [6.07, 6.45) is 3.48. The van der Waals surface area contributed by atoms with Crippen LogP contribution in [-0.2, 0) is 13.2 Å². The minimum Gasteiger partial charge on any atom is -0.497 e. The highest BCUT2D eigenvalue weighted by atomic mass is 35.5. The molecule has 3 aromatic heterocycles. The van der Waals surface area contributed by atoms with Crippen LogP contribution in [0.15, 0.2) is 73.1 Å². The number of pyridine rings is 2. The van der Waals surface area contributed by atoms with E-state index in [4.69, 9.17) is 31.5 Å². The number of nitrogen functional groups attached to an aromatic ring is 1. The molecule has 0 spiro atoms. The molecule has 0 atom stereocenters. The molecule has 2 aromatic carbocycles. The highest BCUT2D eigenvalue weighted by Crippen LogP contribution is 2.31. The number of fused-ring (bicyclic) bond motifs is 1. The van der Waals surface area contributed by atoms with Crippen LogP contribution in [0.3, 0.4) is 0 Å². The number of nitrogens with zero attached hydrogens (tertiary/aromatic N) is 4. The van der Waals surface area contributed by atoms with E-state index >= 15 is 0 Å². The molecule has 0 bridgehead atoms. The maximum absolute atomic E-state index is 6.26. The number of nitrogens with two attached hydrogens (primary N) is 1.